The Morgan fingerprint density at radius 2 is 1.76 bits per heavy atom. The molecule has 3 amide bonds. The molecule has 1 fully saturated rings. The number of nitrogens with one attached hydrogen (secondary N) is 1. The molecule has 198 valence electrons. The molecule has 1 saturated heterocycles. The van der Waals surface area contributed by atoms with Crippen molar-refractivity contribution >= 4 is 35.1 Å². The van der Waals surface area contributed by atoms with Gasteiger partial charge in [0.2, 0.25) is 0 Å². The van der Waals surface area contributed by atoms with E-state index in [1.807, 2.05) is 55.1 Å². The normalized spacial score (nSPS) is 18.7. The minimum Gasteiger partial charge on any atom is -0.497 e. The zero-order valence-corrected chi connectivity index (χ0v) is 23.7. The van der Waals surface area contributed by atoms with E-state index >= 15 is 0 Å². The quantitative estimate of drug-likeness (QED) is 0.414. The van der Waals surface area contributed by atoms with E-state index in [0.29, 0.717) is 24.6 Å². The van der Waals surface area contributed by atoms with Crippen LogP contribution in [0.15, 0.2) is 60.7 Å². The number of urea groups is 1. The van der Waals surface area contributed by atoms with Gasteiger partial charge in [0.15, 0.2) is 4.87 Å². The number of anilines is 2. The Balaban J connectivity index is 1.50. The number of amides is 3. The van der Waals surface area contributed by atoms with Gasteiger partial charge in [-0.2, -0.15) is 0 Å². The van der Waals surface area contributed by atoms with Gasteiger partial charge in [-0.25, -0.2) is 4.79 Å². The van der Waals surface area contributed by atoms with Crippen LogP contribution in [0.2, 0.25) is 0 Å². The largest absolute Gasteiger partial charge is 0.497 e. The maximum absolute atomic E-state index is 14.3. The van der Waals surface area contributed by atoms with E-state index in [1.54, 1.807) is 12.0 Å². The van der Waals surface area contributed by atoms with E-state index in [4.69, 9.17) is 4.74 Å². The average Bonchev–Trinajstić information content (AvgIpc) is 3.43. The Morgan fingerprint density at radius 3 is 2.42 bits per heavy atom. The van der Waals surface area contributed by atoms with E-state index in [1.165, 1.54) is 17.3 Å². The number of fused-ring (bicyclic) bond motifs is 2. The van der Waals surface area contributed by atoms with E-state index in [2.05, 4.69) is 50.4 Å². The van der Waals surface area contributed by atoms with Crippen molar-refractivity contribution in [3.63, 3.8) is 0 Å². The first-order chi connectivity index (χ1) is 18.0. The van der Waals surface area contributed by atoms with Crippen LogP contribution in [0.25, 0.3) is 0 Å². The molecule has 3 aromatic carbocycles. The Bertz CT molecular complexity index is 1400. The minimum atomic E-state index is -1.14. The summed E-state index contributed by atoms with van der Waals surface area (Å²) in [6.07, 6.45) is 0. The third-order valence-electron chi connectivity index (χ3n) is 7.56. The highest BCUT2D eigenvalue weighted by Crippen LogP contribution is 2.55. The first-order valence-electron chi connectivity index (χ1n) is 12.9. The van der Waals surface area contributed by atoms with Crippen molar-refractivity contribution in [1.29, 1.82) is 0 Å². The van der Waals surface area contributed by atoms with Crippen molar-refractivity contribution in [3.05, 3.63) is 88.5 Å². The SMILES string of the molecule is COc1ccc2c(c1)[C@@]1(SCCN1C(=O)Nc1ccc(C)c(C)c1)C(=O)N2Cc1ccc(C(C)(C)C)cc1. The van der Waals surface area contributed by atoms with Crippen LogP contribution in [0.5, 0.6) is 5.75 Å². The molecule has 0 unspecified atom stereocenters. The minimum absolute atomic E-state index is 0.0551. The van der Waals surface area contributed by atoms with Crippen molar-refractivity contribution in [2.24, 2.45) is 0 Å². The Labute approximate surface area is 229 Å². The van der Waals surface area contributed by atoms with Gasteiger partial charge in [-0.1, -0.05) is 51.1 Å². The molecule has 1 atom stereocenters. The fourth-order valence-electron chi connectivity index (χ4n) is 5.18. The molecule has 2 aliphatic rings. The summed E-state index contributed by atoms with van der Waals surface area (Å²) in [6.45, 7) is 11.5. The molecule has 38 heavy (non-hydrogen) atoms. The lowest BCUT2D eigenvalue weighted by atomic mass is 9.87. The molecule has 7 heteroatoms. The molecule has 0 radical (unpaired) electrons. The monoisotopic (exact) mass is 529 g/mol. The number of carbonyl (C=O) groups is 2. The zero-order valence-electron chi connectivity index (χ0n) is 22.9. The average molecular weight is 530 g/mol. The fourth-order valence-corrected chi connectivity index (χ4v) is 6.63. The number of rotatable bonds is 4. The Morgan fingerprint density at radius 1 is 1.03 bits per heavy atom. The van der Waals surface area contributed by atoms with E-state index < -0.39 is 4.87 Å². The third kappa shape index (κ3) is 4.43. The maximum Gasteiger partial charge on any atom is 0.323 e. The summed E-state index contributed by atoms with van der Waals surface area (Å²) >= 11 is 1.51. The molecule has 0 aliphatic carbocycles. The predicted octanol–water partition coefficient (Wildman–Crippen LogP) is 6.59. The highest BCUT2D eigenvalue weighted by Gasteiger charge is 2.59. The van der Waals surface area contributed by atoms with Crippen molar-refractivity contribution in [2.45, 2.75) is 51.4 Å². The lowest BCUT2D eigenvalue weighted by Gasteiger charge is -2.33. The molecule has 2 aliphatic heterocycles. The van der Waals surface area contributed by atoms with Gasteiger partial charge in [-0.3, -0.25) is 9.69 Å². The van der Waals surface area contributed by atoms with Gasteiger partial charge in [0.1, 0.15) is 5.75 Å². The van der Waals surface area contributed by atoms with Crippen molar-refractivity contribution in [3.8, 4) is 5.75 Å². The molecular formula is C31H35N3O3S. The zero-order chi connectivity index (χ0) is 27.2. The number of thioether (sulfide) groups is 1. The molecule has 2 heterocycles. The molecule has 0 bridgehead atoms. The molecule has 6 nitrogen and oxygen atoms in total. The van der Waals surface area contributed by atoms with Crippen molar-refractivity contribution in [1.82, 2.24) is 4.90 Å². The first-order valence-corrected chi connectivity index (χ1v) is 13.9. The van der Waals surface area contributed by atoms with Crippen LogP contribution >= 0.6 is 11.8 Å². The number of aryl methyl sites for hydroxylation is 2. The summed E-state index contributed by atoms with van der Waals surface area (Å²) in [7, 11) is 1.62. The number of nitrogens with zero attached hydrogens (tertiary/aromatic N) is 2. The maximum atomic E-state index is 14.3. The van der Waals surface area contributed by atoms with Crippen LogP contribution in [0, 0.1) is 13.8 Å². The molecule has 1 N–H and O–H groups in total. The summed E-state index contributed by atoms with van der Waals surface area (Å²) in [5.41, 5.74) is 6.94. The fraction of sp³-hybridized carbons (Fsp3) is 0.355. The van der Waals surface area contributed by atoms with Crippen LogP contribution in [-0.2, 0) is 21.6 Å². The van der Waals surface area contributed by atoms with Crippen LogP contribution < -0.4 is 15.0 Å². The third-order valence-corrected chi connectivity index (χ3v) is 8.98. The van der Waals surface area contributed by atoms with Crippen LogP contribution in [-0.4, -0.2) is 36.2 Å². The second kappa shape index (κ2) is 9.70. The number of hydrogen-bond acceptors (Lipinski definition) is 4. The summed E-state index contributed by atoms with van der Waals surface area (Å²) in [6, 6.07) is 19.7. The molecular weight excluding hydrogens is 494 g/mol. The number of methoxy groups -OCH3 is 1. The molecule has 0 aromatic heterocycles. The van der Waals surface area contributed by atoms with Gasteiger partial charge < -0.3 is 15.0 Å². The van der Waals surface area contributed by atoms with E-state index in [0.717, 1.165) is 33.6 Å². The van der Waals surface area contributed by atoms with Crippen LogP contribution in [0.3, 0.4) is 0 Å². The Hall–Kier alpha value is -3.45. The van der Waals surface area contributed by atoms with Gasteiger partial charge in [-0.05, 0) is 71.8 Å². The van der Waals surface area contributed by atoms with Gasteiger partial charge in [0, 0.05) is 23.5 Å². The van der Waals surface area contributed by atoms with E-state index in [-0.39, 0.29) is 17.4 Å². The topological polar surface area (TPSA) is 61.9 Å². The molecule has 3 aromatic rings. The number of carbonyl (C=O) groups excluding carboxylic acids is 2. The second-order valence-corrected chi connectivity index (χ2v) is 12.4. The number of ether oxygens (including phenoxy) is 1. The van der Waals surface area contributed by atoms with E-state index in [9.17, 15) is 9.59 Å². The highest BCUT2D eigenvalue weighted by molar-refractivity contribution is 8.01. The summed E-state index contributed by atoms with van der Waals surface area (Å²) in [5, 5.41) is 3.04. The van der Waals surface area contributed by atoms with Gasteiger partial charge in [-0.15, -0.1) is 11.8 Å². The van der Waals surface area contributed by atoms with Crippen molar-refractivity contribution < 1.29 is 14.3 Å². The van der Waals surface area contributed by atoms with Crippen LogP contribution in [0.1, 0.15) is 48.6 Å². The van der Waals surface area contributed by atoms with Gasteiger partial charge in [0.05, 0.1) is 19.3 Å². The number of benzene rings is 3. The van der Waals surface area contributed by atoms with Gasteiger partial charge in [0.25, 0.3) is 5.91 Å². The lowest BCUT2D eigenvalue weighted by molar-refractivity contribution is -0.123. The second-order valence-electron chi connectivity index (χ2n) is 11.1. The Kier molecular flexibility index (Phi) is 6.68. The first kappa shape index (κ1) is 26.2. The molecule has 5 rings (SSSR count). The smallest absolute Gasteiger partial charge is 0.323 e. The summed E-state index contributed by atoms with van der Waals surface area (Å²) in [4.78, 5) is 30.4. The summed E-state index contributed by atoms with van der Waals surface area (Å²) in [5.74, 6) is 1.23. The van der Waals surface area contributed by atoms with Gasteiger partial charge >= 0.3 is 6.03 Å². The number of hydrogen-bond donors (Lipinski definition) is 1. The van der Waals surface area contributed by atoms with Crippen LogP contribution in [0.4, 0.5) is 16.2 Å². The summed E-state index contributed by atoms with van der Waals surface area (Å²) < 4.78 is 5.53. The predicted molar refractivity (Wildman–Crippen MR) is 155 cm³/mol. The highest BCUT2D eigenvalue weighted by atomic mass is 32.2. The molecule has 1 spiro atoms. The standard InChI is InChI=1S/C31H35N3O3S/c1-20-7-12-24(17-21(20)2)32-29(36)34-15-16-38-31(34)26-18-25(37-6)13-14-27(26)33(28(31)35)19-22-8-10-23(11-9-22)30(3,4)5/h7-14,17-18H,15-16,19H2,1-6H3,(H,32,36)/t31-/m1/s1. The van der Waals surface area contributed by atoms with Crippen molar-refractivity contribution in [2.75, 3.05) is 29.6 Å². The lowest BCUT2D eigenvalue weighted by Crippen LogP contribution is -2.51. The molecule has 0 saturated carbocycles.